The second kappa shape index (κ2) is 9.02. The summed E-state index contributed by atoms with van der Waals surface area (Å²) in [5.74, 6) is 0.587. The molecular formula is C16H22N4O. The van der Waals surface area contributed by atoms with Crippen LogP contribution >= 0.6 is 0 Å². The summed E-state index contributed by atoms with van der Waals surface area (Å²) >= 11 is 0. The summed E-state index contributed by atoms with van der Waals surface area (Å²) < 4.78 is 5.60. The Morgan fingerprint density at radius 3 is 2.71 bits per heavy atom. The van der Waals surface area contributed by atoms with Crippen LogP contribution in [0.1, 0.15) is 31.0 Å². The van der Waals surface area contributed by atoms with Gasteiger partial charge in [-0.15, -0.1) is 0 Å². The van der Waals surface area contributed by atoms with E-state index >= 15 is 0 Å². The molecule has 0 unspecified atom stereocenters. The highest BCUT2D eigenvalue weighted by Gasteiger charge is 1.99. The fourth-order valence-corrected chi connectivity index (χ4v) is 1.90. The fraction of sp³-hybridized carbons (Fsp3) is 0.438. The normalized spacial score (nSPS) is 10.5. The molecule has 2 heterocycles. The predicted octanol–water partition coefficient (Wildman–Crippen LogP) is 2.38. The van der Waals surface area contributed by atoms with Gasteiger partial charge in [-0.1, -0.05) is 6.92 Å². The van der Waals surface area contributed by atoms with E-state index in [-0.39, 0.29) is 0 Å². The molecule has 2 aromatic rings. The third-order valence-corrected chi connectivity index (χ3v) is 3.02. The Morgan fingerprint density at radius 2 is 2.00 bits per heavy atom. The number of nitrogens with one attached hydrogen (secondary N) is 1. The SMILES string of the molecule is CCCNCc1cnc(OCCCc2ccncc2)cn1. The molecule has 0 aliphatic heterocycles. The highest BCUT2D eigenvalue weighted by molar-refractivity contribution is 5.10. The summed E-state index contributed by atoms with van der Waals surface area (Å²) in [5, 5.41) is 3.29. The topological polar surface area (TPSA) is 59.9 Å². The van der Waals surface area contributed by atoms with E-state index in [9.17, 15) is 0 Å². The van der Waals surface area contributed by atoms with Crippen molar-refractivity contribution in [3.63, 3.8) is 0 Å². The number of ether oxygens (including phenoxy) is 1. The zero-order chi connectivity index (χ0) is 14.8. The smallest absolute Gasteiger partial charge is 0.232 e. The summed E-state index contributed by atoms with van der Waals surface area (Å²) in [6, 6.07) is 4.05. The molecule has 0 radical (unpaired) electrons. The molecule has 0 aliphatic carbocycles. The van der Waals surface area contributed by atoms with Gasteiger partial charge in [0.25, 0.3) is 0 Å². The Labute approximate surface area is 125 Å². The van der Waals surface area contributed by atoms with Crippen LogP contribution < -0.4 is 10.1 Å². The Balaban J connectivity index is 1.66. The van der Waals surface area contributed by atoms with E-state index in [1.807, 2.05) is 24.5 Å². The first kappa shape index (κ1) is 15.4. The molecule has 0 saturated carbocycles. The van der Waals surface area contributed by atoms with Crippen molar-refractivity contribution in [2.75, 3.05) is 13.2 Å². The first-order valence-corrected chi connectivity index (χ1v) is 7.42. The second-order valence-electron chi connectivity index (χ2n) is 4.83. The number of hydrogen-bond donors (Lipinski definition) is 1. The standard InChI is InChI=1S/C16H22N4O/c1-2-7-18-11-15-12-20-16(13-19-15)21-10-3-4-14-5-8-17-9-6-14/h5-6,8-9,12-13,18H,2-4,7,10-11H2,1H3. The molecule has 0 spiro atoms. The number of nitrogens with zero attached hydrogens (tertiary/aromatic N) is 3. The summed E-state index contributed by atoms with van der Waals surface area (Å²) in [4.78, 5) is 12.6. The van der Waals surface area contributed by atoms with Gasteiger partial charge in [-0.2, -0.15) is 0 Å². The summed E-state index contributed by atoms with van der Waals surface area (Å²) in [6.07, 6.45) is 10.1. The van der Waals surface area contributed by atoms with Gasteiger partial charge < -0.3 is 10.1 Å². The Kier molecular flexibility index (Phi) is 6.61. The van der Waals surface area contributed by atoms with E-state index in [0.29, 0.717) is 12.5 Å². The highest BCUT2D eigenvalue weighted by atomic mass is 16.5. The summed E-state index contributed by atoms with van der Waals surface area (Å²) in [5.41, 5.74) is 2.21. The van der Waals surface area contributed by atoms with Crippen molar-refractivity contribution in [1.82, 2.24) is 20.3 Å². The number of aromatic nitrogens is 3. The quantitative estimate of drug-likeness (QED) is 0.717. The minimum atomic E-state index is 0.587. The van der Waals surface area contributed by atoms with Crippen molar-refractivity contribution < 1.29 is 4.74 Å². The van der Waals surface area contributed by atoms with Crippen LogP contribution in [-0.4, -0.2) is 28.1 Å². The molecule has 5 nitrogen and oxygen atoms in total. The molecule has 0 aliphatic rings. The second-order valence-corrected chi connectivity index (χ2v) is 4.83. The van der Waals surface area contributed by atoms with E-state index in [1.54, 1.807) is 12.4 Å². The van der Waals surface area contributed by atoms with Gasteiger partial charge in [-0.05, 0) is 43.5 Å². The molecule has 0 bridgehead atoms. The number of pyridine rings is 1. The number of hydrogen-bond acceptors (Lipinski definition) is 5. The molecule has 5 heteroatoms. The number of rotatable bonds is 9. The van der Waals surface area contributed by atoms with Gasteiger partial charge in [0.2, 0.25) is 5.88 Å². The molecule has 1 N–H and O–H groups in total. The van der Waals surface area contributed by atoms with Crippen LogP contribution in [0.3, 0.4) is 0 Å². The van der Waals surface area contributed by atoms with Crippen molar-refractivity contribution in [2.24, 2.45) is 0 Å². The van der Waals surface area contributed by atoms with Crippen molar-refractivity contribution in [3.8, 4) is 5.88 Å². The van der Waals surface area contributed by atoms with Gasteiger partial charge in [-0.25, -0.2) is 4.98 Å². The lowest BCUT2D eigenvalue weighted by Crippen LogP contribution is -2.15. The molecule has 0 aromatic carbocycles. The van der Waals surface area contributed by atoms with Gasteiger partial charge in [0.1, 0.15) is 0 Å². The average molecular weight is 286 g/mol. The highest BCUT2D eigenvalue weighted by Crippen LogP contribution is 2.06. The summed E-state index contributed by atoms with van der Waals surface area (Å²) in [7, 11) is 0. The van der Waals surface area contributed by atoms with Crippen LogP contribution in [0, 0.1) is 0 Å². The molecule has 0 fully saturated rings. The Bertz CT molecular complexity index is 501. The van der Waals surface area contributed by atoms with Crippen molar-refractivity contribution >= 4 is 0 Å². The van der Waals surface area contributed by atoms with Gasteiger partial charge >= 0.3 is 0 Å². The first-order chi connectivity index (χ1) is 10.4. The minimum Gasteiger partial charge on any atom is -0.477 e. The average Bonchev–Trinajstić information content (AvgIpc) is 2.54. The minimum absolute atomic E-state index is 0.587. The zero-order valence-electron chi connectivity index (χ0n) is 12.5. The Hall–Kier alpha value is -2.01. The molecular weight excluding hydrogens is 264 g/mol. The monoisotopic (exact) mass is 286 g/mol. The number of aryl methyl sites for hydroxylation is 1. The van der Waals surface area contributed by atoms with Crippen molar-refractivity contribution in [3.05, 3.63) is 48.2 Å². The molecule has 0 saturated heterocycles. The molecule has 2 rings (SSSR count). The molecule has 0 atom stereocenters. The zero-order valence-corrected chi connectivity index (χ0v) is 12.5. The van der Waals surface area contributed by atoms with Gasteiger partial charge in [-0.3, -0.25) is 9.97 Å². The van der Waals surface area contributed by atoms with Crippen LogP contribution in [0.25, 0.3) is 0 Å². The molecule has 21 heavy (non-hydrogen) atoms. The molecule has 0 amide bonds. The van der Waals surface area contributed by atoms with E-state index in [2.05, 4.69) is 27.2 Å². The van der Waals surface area contributed by atoms with Crippen molar-refractivity contribution in [2.45, 2.75) is 32.7 Å². The maximum absolute atomic E-state index is 5.60. The lowest BCUT2D eigenvalue weighted by molar-refractivity contribution is 0.297. The third-order valence-electron chi connectivity index (χ3n) is 3.02. The lowest BCUT2D eigenvalue weighted by Gasteiger charge is -2.06. The molecule has 2 aromatic heterocycles. The van der Waals surface area contributed by atoms with Crippen LogP contribution in [0.4, 0.5) is 0 Å². The van der Waals surface area contributed by atoms with E-state index < -0.39 is 0 Å². The van der Waals surface area contributed by atoms with Crippen LogP contribution in [0.2, 0.25) is 0 Å². The van der Waals surface area contributed by atoms with Crippen LogP contribution in [0.15, 0.2) is 36.9 Å². The van der Waals surface area contributed by atoms with Crippen molar-refractivity contribution in [1.29, 1.82) is 0 Å². The van der Waals surface area contributed by atoms with Gasteiger partial charge in [0.05, 0.1) is 24.7 Å². The van der Waals surface area contributed by atoms with Gasteiger partial charge in [0.15, 0.2) is 0 Å². The van der Waals surface area contributed by atoms with Gasteiger partial charge in [0, 0.05) is 18.9 Å². The molecule has 112 valence electrons. The van der Waals surface area contributed by atoms with Crippen LogP contribution in [0.5, 0.6) is 5.88 Å². The van der Waals surface area contributed by atoms with E-state index in [4.69, 9.17) is 4.74 Å². The van der Waals surface area contributed by atoms with E-state index in [1.165, 1.54) is 5.56 Å². The van der Waals surface area contributed by atoms with Crippen LogP contribution in [-0.2, 0) is 13.0 Å². The predicted molar refractivity (Wildman–Crippen MR) is 82.1 cm³/mol. The Morgan fingerprint density at radius 1 is 1.14 bits per heavy atom. The third kappa shape index (κ3) is 5.87. The largest absolute Gasteiger partial charge is 0.477 e. The maximum Gasteiger partial charge on any atom is 0.232 e. The fourth-order valence-electron chi connectivity index (χ4n) is 1.90. The summed E-state index contributed by atoms with van der Waals surface area (Å²) in [6.45, 7) is 4.53. The van der Waals surface area contributed by atoms with E-state index in [0.717, 1.165) is 38.0 Å². The lowest BCUT2D eigenvalue weighted by atomic mass is 10.1. The first-order valence-electron chi connectivity index (χ1n) is 7.42. The maximum atomic E-state index is 5.60.